The van der Waals surface area contributed by atoms with Gasteiger partial charge in [0, 0.05) is 17.1 Å². The monoisotopic (exact) mass is 529 g/mol. The van der Waals surface area contributed by atoms with Crippen LogP contribution < -0.4 is 4.90 Å². The average molecular weight is 530 g/mol. The molecule has 5 aromatic carbocycles. The van der Waals surface area contributed by atoms with Gasteiger partial charge in [0.05, 0.1) is 0 Å². The first-order valence-electron chi connectivity index (χ1n) is 14.0. The Morgan fingerprint density at radius 3 is 1.20 bits per heavy atom. The van der Waals surface area contributed by atoms with Gasteiger partial charge in [-0.15, -0.1) is 0 Å². The zero-order valence-electron chi connectivity index (χ0n) is 23.7. The zero-order valence-corrected chi connectivity index (χ0v) is 23.7. The zero-order chi connectivity index (χ0) is 28.3. The molecule has 0 saturated carbocycles. The van der Waals surface area contributed by atoms with Gasteiger partial charge in [-0.2, -0.15) is 0 Å². The van der Waals surface area contributed by atoms with Gasteiger partial charge in [0.2, 0.25) is 0 Å². The van der Waals surface area contributed by atoms with E-state index in [1.54, 1.807) is 0 Å². The van der Waals surface area contributed by atoms with Crippen molar-refractivity contribution >= 4 is 41.4 Å². The van der Waals surface area contributed by atoms with Gasteiger partial charge in [0.1, 0.15) is 0 Å². The van der Waals surface area contributed by atoms with E-state index in [0.717, 1.165) is 22.5 Å². The van der Waals surface area contributed by atoms with Crippen LogP contribution in [-0.4, -0.2) is 0 Å². The standard InChI is InChI=1S/C40H35N/c1-32-21-30-40(33(2)31-32)41(38-26-22-36(23-27-38)19-11-9-17-34-13-5-3-6-14-34)39-28-24-37(25-29-39)20-12-10-18-35-15-7-4-8-16-35/h3-31H,1-2H3/b17-9+,18-10+,19-11+,20-12+. The Kier molecular flexibility index (Phi) is 9.22. The SMILES string of the molecule is Cc1ccc(N(c2ccc(/C=C/C=C/c3ccccc3)cc2)c2ccc(/C=C/C=C/c3ccccc3)cc2)c(C)c1. The first-order chi connectivity index (χ1) is 20.2. The quantitative estimate of drug-likeness (QED) is 0.172. The summed E-state index contributed by atoms with van der Waals surface area (Å²) in [5, 5.41) is 0. The third-order valence-corrected chi connectivity index (χ3v) is 6.87. The lowest BCUT2D eigenvalue weighted by atomic mass is 10.1. The summed E-state index contributed by atoms with van der Waals surface area (Å²) >= 11 is 0. The predicted octanol–water partition coefficient (Wildman–Crippen LogP) is 11.2. The average Bonchev–Trinajstić information content (AvgIpc) is 3.01. The van der Waals surface area contributed by atoms with Crippen LogP contribution in [0.25, 0.3) is 24.3 Å². The Morgan fingerprint density at radius 1 is 0.415 bits per heavy atom. The minimum absolute atomic E-state index is 1.13. The molecule has 0 unspecified atom stereocenters. The van der Waals surface area contributed by atoms with Crippen LogP contribution in [0.5, 0.6) is 0 Å². The van der Waals surface area contributed by atoms with Gasteiger partial charge in [-0.25, -0.2) is 0 Å². The molecule has 200 valence electrons. The largest absolute Gasteiger partial charge is 0.310 e. The Morgan fingerprint density at radius 2 is 0.805 bits per heavy atom. The van der Waals surface area contributed by atoms with Crippen molar-refractivity contribution in [2.45, 2.75) is 13.8 Å². The molecule has 0 aliphatic heterocycles. The number of aryl methyl sites for hydroxylation is 2. The van der Waals surface area contributed by atoms with Crippen molar-refractivity contribution < 1.29 is 0 Å². The first-order valence-corrected chi connectivity index (χ1v) is 14.0. The molecular weight excluding hydrogens is 494 g/mol. The van der Waals surface area contributed by atoms with E-state index in [9.17, 15) is 0 Å². The van der Waals surface area contributed by atoms with Crippen LogP contribution in [0.1, 0.15) is 33.4 Å². The van der Waals surface area contributed by atoms with Crippen LogP contribution in [0.2, 0.25) is 0 Å². The van der Waals surface area contributed by atoms with E-state index >= 15 is 0 Å². The van der Waals surface area contributed by atoms with Crippen LogP contribution in [0, 0.1) is 13.8 Å². The number of anilines is 3. The fourth-order valence-corrected chi connectivity index (χ4v) is 4.75. The molecule has 0 atom stereocenters. The fourth-order valence-electron chi connectivity index (χ4n) is 4.75. The van der Waals surface area contributed by atoms with Gasteiger partial charge in [-0.3, -0.25) is 0 Å². The highest BCUT2D eigenvalue weighted by molar-refractivity contribution is 5.79. The molecule has 0 radical (unpaired) electrons. The minimum atomic E-state index is 1.13. The number of rotatable bonds is 9. The molecule has 0 aromatic heterocycles. The molecule has 5 aromatic rings. The van der Waals surface area contributed by atoms with Crippen molar-refractivity contribution in [2.75, 3.05) is 4.90 Å². The van der Waals surface area contributed by atoms with E-state index in [4.69, 9.17) is 0 Å². The highest BCUT2D eigenvalue weighted by Gasteiger charge is 2.14. The summed E-state index contributed by atoms with van der Waals surface area (Å²) in [6, 6.07) is 44.8. The van der Waals surface area contributed by atoms with Crippen molar-refractivity contribution in [1.29, 1.82) is 0 Å². The molecule has 1 nitrogen and oxygen atoms in total. The van der Waals surface area contributed by atoms with Gasteiger partial charge in [0.15, 0.2) is 0 Å². The number of benzene rings is 5. The molecule has 0 spiro atoms. The highest BCUT2D eigenvalue weighted by Crippen LogP contribution is 2.37. The molecule has 1 heteroatoms. The summed E-state index contributed by atoms with van der Waals surface area (Å²) in [7, 11) is 0. The maximum atomic E-state index is 2.33. The van der Waals surface area contributed by atoms with Gasteiger partial charge >= 0.3 is 0 Å². The second-order valence-corrected chi connectivity index (χ2v) is 10.1. The smallest absolute Gasteiger partial charge is 0.0490 e. The van der Waals surface area contributed by atoms with E-state index < -0.39 is 0 Å². The lowest BCUT2D eigenvalue weighted by Gasteiger charge is -2.27. The lowest BCUT2D eigenvalue weighted by molar-refractivity contribution is 1.24. The molecule has 5 rings (SSSR count). The lowest BCUT2D eigenvalue weighted by Crippen LogP contribution is -2.11. The number of hydrogen-bond donors (Lipinski definition) is 0. The van der Waals surface area contributed by atoms with Crippen LogP contribution in [0.15, 0.2) is 152 Å². The number of allylic oxidation sites excluding steroid dienone is 4. The van der Waals surface area contributed by atoms with Crippen molar-refractivity contribution in [3.05, 3.63) is 185 Å². The highest BCUT2D eigenvalue weighted by atomic mass is 15.1. The molecular formula is C40H35N. The van der Waals surface area contributed by atoms with Crippen LogP contribution in [0.3, 0.4) is 0 Å². The molecule has 0 amide bonds. The van der Waals surface area contributed by atoms with E-state index in [-0.39, 0.29) is 0 Å². The minimum Gasteiger partial charge on any atom is -0.310 e. The maximum Gasteiger partial charge on any atom is 0.0490 e. The van der Waals surface area contributed by atoms with Gasteiger partial charge in [-0.1, -0.05) is 151 Å². The summed E-state index contributed by atoms with van der Waals surface area (Å²) in [5.41, 5.74) is 10.7. The Balaban J connectivity index is 1.36. The van der Waals surface area contributed by atoms with Crippen LogP contribution >= 0.6 is 0 Å². The normalized spacial score (nSPS) is 11.8. The summed E-state index contributed by atoms with van der Waals surface area (Å²) < 4.78 is 0. The van der Waals surface area contributed by atoms with Crippen LogP contribution in [-0.2, 0) is 0 Å². The van der Waals surface area contributed by atoms with Gasteiger partial charge in [0.25, 0.3) is 0 Å². The Hall–Kier alpha value is -5.14. The predicted molar refractivity (Wildman–Crippen MR) is 180 cm³/mol. The van der Waals surface area contributed by atoms with E-state index in [0.29, 0.717) is 0 Å². The van der Waals surface area contributed by atoms with E-state index in [1.807, 2.05) is 12.1 Å². The molecule has 41 heavy (non-hydrogen) atoms. The summed E-state index contributed by atoms with van der Waals surface area (Å²) in [5.74, 6) is 0. The van der Waals surface area contributed by atoms with Gasteiger partial charge in [-0.05, 0) is 72.0 Å². The third-order valence-electron chi connectivity index (χ3n) is 6.87. The topological polar surface area (TPSA) is 3.24 Å². The second-order valence-electron chi connectivity index (χ2n) is 10.1. The van der Waals surface area contributed by atoms with Crippen LogP contribution in [0.4, 0.5) is 17.1 Å². The number of hydrogen-bond acceptors (Lipinski definition) is 1. The maximum absolute atomic E-state index is 2.33. The molecule has 0 bridgehead atoms. The Bertz CT molecular complexity index is 1550. The van der Waals surface area contributed by atoms with Crippen molar-refractivity contribution in [1.82, 2.24) is 0 Å². The molecule has 0 N–H and O–H groups in total. The summed E-state index contributed by atoms with van der Waals surface area (Å²) in [4.78, 5) is 2.33. The summed E-state index contributed by atoms with van der Waals surface area (Å²) in [6.45, 7) is 4.32. The number of nitrogens with zero attached hydrogens (tertiary/aromatic N) is 1. The molecule has 0 aliphatic rings. The molecule has 0 heterocycles. The second kappa shape index (κ2) is 13.8. The first kappa shape index (κ1) is 27.4. The molecule has 0 fully saturated rings. The van der Waals surface area contributed by atoms with Crippen molar-refractivity contribution in [3.8, 4) is 0 Å². The fraction of sp³-hybridized carbons (Fsp3) is 0.0500. The summed E-state index contributed by atoms with van der Waals surface area (Å²) in [6.07, 6.45) is 16.8. The Labute approximate surface area is 244 Å². The molecule has 0 aliphatic carbocycles. The van der Waals surface area contributed by atoms with E-state index in [2.05, 4.69) is 183 Å². The van der Waals surface area contributed by atoms with Gasteiger partial charge < -0.3 is 4.90 Å². The molecule has 0 saturated heterocycles. The van der Waals surface area contributed by atoms with E-state index in [1.165, 1.54) is 27.9 Å². The van der Waals surface area contributed by atoms with Crippen molar-refractivity contribution in [3.63, 3.8) is 0 Å². The third kappa shape index (κ3) is 7.71. The van der Waals surface area contributed by atoms with Crippen molar-refractivity contribution in [2.24, 2.45) is 0 Å².